The largest absolute Gasteiger partial charge is 0.259 e. The topological polar surface area (TPSA) is 15.6 Å². The summed E-state index contributed by atoms with van der Waals surface area (Å²) in [5, 5.41) is 5.43. The minimum Gasteiger partial charge on any atom is -0.259 e. The van der Waals surface area contributed by atoms with Crippen molar-refractivity contribution in [2.45, 2.75) is 26.3 Å². The van der Waals surface area contributed by atoms with Crippen molar-refractivity contribution in [1.29, 1.82) is 0 Å². The first-order valence-electron chi connectivity index (χ1n) is 3.47. The van der Waals surface area contributed by atoms with Crippen LogP contribution in [0.1, 0.15) is 20.8 Å². The molecule has 1 heterocycles. The molecule has 0 aromatic carbocycles. The third-order valence-corrected chi connectivity index (χ3v) is 1.31. The standard InChI is InChI=1S/C8H11FN2/c1-8(2,3)11-5-4-7(9)6-10-11/h4-5H,1-3H3. The van der Waals surface area contributed by atoms with E-state index in [4.69, 9.17) is 0 Å². The first-order chi connectivity index (χ1) is 5.00. The van der Waals surface area contributed by atoms with Crippen LogP contribution in [-0.2, 0) is 0 Å². The smallest absolute Gasteiger partial charge is 0.187 e. The van der Waals surface area contributed by atoms with Crippen molar-refractivity contribution in [3.05, 3.63) is 18.1 Å². The van der Waals surface area contributed by atoms with E-state index >= 15 is 0 Å². The van der Waals surface area contributed by atoms with Gasteiger partial charge in [0.1, 0.15) is 0 Å². The Labute approximate surface area is 65.7 Å². The fourth-order valence-corrected chi connectivity index (χ4v) is 0.682. The van der Waals surface area contributed by atoms with Crippen LogP contribution in [0.5, 0.6) is 0 Å². The van der Waals surface area contributed by atoms with Gasteiger partial charge in [-0.1, -0.05) is 0 Å². The predicted octanol–water partition coefficient (Wildman–Crippen LogP) is 2.05. The highest BCUT2D eigenvalue weighted by Gasteiger charge is 2.18. The van der Waals surface area contributed by atoms with Crippen LogP contribution in [0.4, 0.5) is 4.39 Å². The number of hydrogen-bond acceptors (Lipinski definition) is 2. The summed E-state index contributed by atoms with van der Waals surface area (Å²) in [6.45, 7) is 5.98. The van der Waals surface area contributed by atoms with Gasteiger partial charge >= 0.3 is 0 Å². The molecule has 0 aromatic heterocycles. The van der Waals surface area contributed by atoms with Gasteiger partial charge in [-0.3, -0.25) is 5.01 Å². The maximum absolute atomic E-state index is 12.3. The van der Waals surface area contributed by atoms with Gasteiger partial charge in [0.15, 0.2) is 5.83 Å². The zero-order valence-corrected chi connectivity index (χ0v) is 6.93. The SMILES string of the molecule is CC(C)(C)N1C=CC(F)=C=N1. The van der Waals surface area contributed by atoms with Gasteiger partial charge in [-0.15, -0.1) is 5.10 Å². The van der Waals surface area contributed by atoms with Crippen LogP contribution < -0.4 is 0 Å². The normalized spacial score (nSPS) is 17.1. The van der Waals surface area contributed by atoms with E-state index in [1.165, 1.54) is 6.08 Å². The second kappa shape index (κ2) is 2.51. The van der Waals surface area contributed by atoms with E-state index in [0.717, 1.165) is 0 Å². The summed E-state index contributed by atoms with van der Waals surface area (Å²) in [5.41, 5.74) is -0.107. The molecule has 11 heavy (non-hydrogen) atoms. The van der Waals surface area contributed by atoms with Gasteiger partial charge in [0.05, 0.1) is 5.54 Å². The number of halogens is 1. The lowest BCUT2D eigenvalue weighted by molar-refractivity contribution is 0.214. The summed E-state index contributed by atoms with van der Waals surface area (Å²) in [6.07, 6.45) is 2.95. The Balaban J connectivity index is 2.84. The van der Waals surface area contributed by atoms with Crippen molar-refractivity contribution in [2.24, 2.45) is 5.10 Å². The molecule has 0 saturated carbocycles. The second-order valence-electron chi connectivity index (χ2n) is 3.39. The molecule has 0 bridgehead atoms. The molecule has 0 amide bonds. The quantitative estimate of drug-likeness (QED) is 0.521. The van der Waals surface area contributed by atoms with Gasteiger partial charge in [0.25, 0.3) is 0 Å². The van der Waals surface area contributed by atoms with E-state index in [9.17, 15) is 4.39 Å². The molecule has 0 aliphatic carbocycles. The van der Waals surface area contributed by atoms with Crippen LogP contribution in [0.3, 0.4) is 0 Å². The fraction of sp³-hybridized carbons (Fsp3) is 0.500. The molecule has 2 nitrogen and oxygen atoms in total. The molecule has 0 N–H and O–H groups in total. The molecule has 1 aliphatic rings. The lowest BCUT2D eigenvalue weighted by Gasteiger charge is -2.29. The summed E-state index contributed by atoms with van der Waals surface area (Å²) in [5.74, 6) is 1.83. The van der Waals surface area contributed by atoms with E-state index in [2.05, 4.69) is 11.0 Å². The van der Waals surface area contributed by atoms with Crippen LogP contribution in [0.25, 0.3) is 0 Å². The Bertz CT molecular complexity index is 241. The lowest BCUT2D eigenvalue weighted by Crippen LogP contribution is -2.33. The monoisotopic (exact) mass is 154 g/mol. The average Bonchev–Trinajstić information content (AvgIpc) is 1.86. The fourth-order valence-electron chi connectivity index (χ4n) is 0.682. The van der Waals surface area contributed by atoms with Crippen molar-refractivity contribution >= 4 is 5.87 Å². The Morgan fingerprint density at radius 3 is 2.55 bits per heavy atom. The highest BCUT2D eigenvalue weighted by Crippen LogP contribution is 2.16. The van der Waals surface area contributed by atoms with Crippen LogP contribution >= 0.6 is 0 Å². The molecular formula is C8H11FN2. The zero-order chi connectivity index (χ0) is 8.48. The van der Waals surface area contributed by atoms with Gasteiger partial charge in [0, 0.05) is 18.1 Å². The highest BCUT2D eigenvalue weighted by molar-refractivity contribution is 5.59. The molecular weight excluding hydrogens is 143 g/mol. The molecule has 3 heteroatoms. The zero-order valence-electron chi connectivity index (χ0n) is 6.93. The number of hydrazone groups is 1. The van der Waals surface area contributed by atoms with Crippen molar-refractivity contribution in [3.63, 3.8) is 0 Å². The second-order valence-corrected chi connectivity index (χ2v) is 3.39. The Kier molecular flexibility index (Phi) is 1.83. The number of rotatable bonds is 0. The van der Waals surface area contributed by atoms with Crippen LogP contribution in [-0.4, -0.2) is 16.4 Å². The van der Waals surface area contributed by atoms with Crippen molar-refractivity contribution in [1.82, 2.24) is 5.01 Å². The van der Waals surface area contributed by atoms with Crippen LogP contribution in [0.15, 0.2) is 23.2 Å². The molecule has 0 aromatic rings. The first kappa shape index (κ1) is 8.02. The Morgan fingerprint density at radius 1 is 1.55 bits per heavy atom. The van der Waals surface area contributed by atoms with Gasteiger partial charge in [-0.25, -0.2) is 0 Å². The Morgan fingerprint density at radius 2 is 2.18 bits per heavy atom. The summed E-state index contributed by atoms with van der Waals surface area (Å²) in [6, 6.07) is 0. The first-order valence-corrected chi connectivity index (χ1v) is 3.47. The van der Waals surface area contributed by atoms with Gasteiger partial charge in [-0.2, -0.15) is 4.39 Å². The maximum atomic E-state index is 12.3. The van der Waals surface area contributed by atoms with E-state index < -0.39 is 5.83 Å². The number of hydrogen-bond donors (Lipinski definition) is 0. The van der Waals surface area contributed by atoms with Gasteiger partial charge in [0.2, 0.25) is 0 Å². The summed E-state index contributed by atoms with van der Waals surface area (Å²) < 4.78 is 12.3. The van der Waals surface area contributed by atoms with Crippen LogP contribution in [0, 0.1) is 0 Å². The molecule has 0 unspecified atom stereocenters. The molecule has 0 radical (unpaired) electrons. The molecule has 0 fully saturated rings. The lowest BCUT2D eigenvalue weighted by atomic mass is 10.1. The molecule has 0 saturated heterocycles. The van der Waals surface area contributed by atoms with Crippen molar-refractivity contribution in [2.75, 3.05) is 0 Å². The van der Waals surface area contributed by atoms with Gasteiger partial charge < -0.3 is 0 Å². The predicted molar refractivity (Wildman–Crippen MR) is 42.8 cm³/mol. The molecule has 1 rings (SSSR count). The third kappa shape index (κ3) is 1.92. The average molecular weight is 154 g/mol. The highest BCUT2D eigenvalue weighted by atomic mass is 19.1. The maximum Gasteiger partial charge on any atom is 0.187 e. The summed E-state index contributed by atoms with van der Waals surface area (Å²) in [4.78, 5) is 0. The number of allylic oxidation sites excluding steroid dienone is 2. The summed E-state index contributed by atoms with van der Waals surface area (Å²) in [7, 11) is 0. The van der Waals surface area contributed by atoms with E-state index in [-0.39, 0.29) is 5.54 Å². The van der Waals surface area contributed by atoms with Crippen molar-refractivity contribution in [3.8, 4) is 0 Å². The molecule has 60 valence electrons. The minimum atomic E-state index is -0.425. The minimum absolute atomic E-state index is 0.107. The Hall–Kier alpha value is -1.08. The molecule has 0 atom stereocenters. The van der Waals surface area contributed by atoms with Crippen LogP contribution in [0.2, 0.25) is 0 Å². The third-order valence-electron chi connectivity index (χ3n) is 1.31. The molecule has 1 aliphatic heterocycles. The summed E-state index contributed by atoms with van der Waals surface area (Å²) >= 11 is 0. The molecule has 0 spiro atoms. The number of nitrogens with zero attached hydrogens (tertiary/aromatic N) is 2. The van der Waals surface area contributed by atoms with Gasteiger partial charge in [-0.05, 0) is 20.8 Å². The van der Waals surface area contributed by atoms with Crippen molar-refractivity contribution < 1.29 is 4.39 Å². The van der Waals surface area contributed by atoms with E-state index in [1.54, 1.807) is 11.2 Å². The van der Waals surface area contributed by atoms with E-state index in [0.29, 0.717) is 0 Å². The van der Waals surface area contributed by atoms with E-state index in [1.807, 2.05) is 20.8 Å².